The molecular weight excluding hydrogens is 272 g/mol. The molecule has 1 aliphatic carbocycles. The Balaban J connectivity index is 1.76. The topological polar surface area (TPSA) is 35.5 Å². The van der Waals surface area contributed by atoms with E-state index in [2.05, 4.69) is 29.4 Å². The molecule has 0 amide bonds. The van der Waals surface area contributed by atoms with Gasteiger partial charge in [-0.25, -0.2) is 0 Å². The van der Waals surface area contributed by atoms with E-state index in [1.165, 1.54) is 5.56 Å². The molecule has 0 spiro atoms. The maximum atomic E-state index is 9.32. The molecule has 0 aromatic heterocycles. The van der Waals surface area contributed by atoms with E-state index < -0.39 is 0 Å². The molecule has 0 radical (unpaired) electrons. The van der Waals surface area contributed by atoms with Crippen LogP contribution in [0.4, 0.5) is 0 Å². The number of rotatable bonds is 7. The highest BCUT2D eigenvalue weighted by Crippen LogP contribution is 2.28. The Bertz CT molecular complexity index is 403. The van der Waals surface area contributed by atoms with Crippen molar-refractivity contribution >= 4 is 11.6 Å². The molecule has 1 aliphatic rings. The van der Waals surface area contributed by atoms with Crippen molar-refractivity contribution in [1.82, 2.24) is 10.2 Å². The quantitative estimate of drug-likeness (QED) is 0.812. The maximum absolute atomic E-state index is 9.32. The fourth-order valence-corrected chi connectivity index (χ4v) is 3.03. The van der Waals surface area contributed by atoms with Crippen LogP contribution >= 0.6 is 11.6 Å². The fraction of sp³-hybridized carbons (Fsp3) is 0.625. The lowest BCUT2D eigenvalue weighted by atomic mass is 9.82. The van der Waals surface area contributed by atoms with Crippen molar-refractivity contribution in [2.24, 2.45) is 5.92 Å². The van der Waals surface area contributed by atoms with Gasteiger partial charge in [0.2, 0.25) is 0 Å². The van der Waals surface area contributed by atoms with Crippen molar-refractivity contribution in [3.05, 3.63) is 34.9 Å². The highest BCUT2D eigenvalue weighted by atomic mass is 35.5. The highest BCUT2D eigenvalue weighted by molar-refractivity contribution is 6.30. The van der Waals surface area contributed by atoms with Crippen LogP contribution in [-0.4, -0.2) is 43.3 Å². The third-order valence-corrected chi connectivity index (χ3v) is 4.45. The zero-order valence-electron chi connectivity index (χ0n) is 12.3. The molecule has 4 heteroatoms. The summed E-state index contributed by atoms with van der Waals surface area (Å²) in [5.41, 5.74) is 1.28. The molecule has 2 N–H and O–H groups in total. The molecule has 1 atom stereocenters. The Morgan fingerprint density at radius 2 is 2.00 bits per heavy atom. The van der Waals surface area contributed by atoms with Crippen LogP contribution < -0.4 is 5.32 Å². The molecule has 20 heavy (non-hydrogen) atoms. The number of aliphatic hydroxyl groups is 1. The Kier molecular flexibility index (Phi) is 5.85. The Hall–Kier alpha value is -0.610. The first-order valence-corrected chi connectivity index (χ1v) is 7.75. The number of hydrogen-bond acceptors (Lipinski definition) is 3. The van der Waals surface area contributed by atoms with E-state index in [4.69, 9.17) is 11.6 Å². The van der Waals surface area contributed by atoms with Gasteiger partial charge in [-0.05, 0) is 63.5 Å². The molecule has 3 nitrogen and oxygen atoms in total. The van der Waals surface area contributed by atoms with E-state index in [0.29, 0.717) is 12.0 Å². The van der Waals surface area contributed by atoms with Gasteiger partial charge in [0.1, 0.15) is 0 Å². The molecule has 112 valence electrons. The van der Waals surface area contributed by atoms with E-state index in [0.717, 1.165) is 37.4 Å². The first-order chi connectivity index (χ1) is 9.58. The van der Waals surface area contributed by atoms with Crippen LogP contribution in [0, 0.1) is 5.92 Å². The molecule has 1 aromatic carbocycles. The van der Waals surface area contributed by atoms with Gasteiger partial charge < -0.3 is 15.3 Å². The van der Waals surface area contributed by atoms with Crippen molar-refractivity contribution in [3.63, 3.8) is 0 Å². The van der Waals surface area contributed by atoms with E-state index in [9.17, 15) is 5.11 Å². The van der Waals surface area contributed by atoms with Gasteiger partial charge in [0.05, 0.1) is 6.10 Å². The Morgan fingerprint density at radius 3 is 2.55 bits per heavy atom. The molecule has 1 unspecified atom stereocenters. The lowest BCUT2D eigenvalue weighted by Gasteiger charge is -2.34. The van der Waals surface area contributed by atoms with Gasteiger partial charge in [0, 0.05) is 17.6 Å². The predicted molar refractivity (Wildman–Crippen MR) is 84.1 cm³/mol. The van der Waals surface area contributed by atoms with Crippen molar-refractivity contribution < 1.29 is 5.11 Å². The van der Waals surface area contributed by atoms with Crippen molar-refractivity contribution in [3.8, 4) is 0 Å². The first-order valence-electron chi connectivity index (χ1n) is 7.38. The third kappa shape index (κ3) is 4.45. The van der Waals surface area contributed by atoms with Gasteiger partial charge in [-0.1, -0.05) is 23.7 Å². The zero-order chi connectivity index (χ0) is 14.5. The predicted octanol–water partition coefficient (Wildman–Crippen LogP) is 2.69. The molecule has 1 fully saturated rings. The van der Waals surface area contributed by atoms with Gasteiger partial charge in [0.25, 0.3) is 0 Å². The normalized spacial score (nSPS) is 23.6. The van der Waals surface area contributed by atoms with Crippen molar-refractivity contribution in [2.45, 2.75) is 31.4 Å². The summed E-state index contributed by atoms with van der Waals surface area (Å²) in [6, 6.07) is 8.43. The minimum Gasteiger partial charge on any atom is -0.393 e. The molecule has 0 heterocycles. The second kappa shape index (κ2) is 7.41. The second-order valence-corrected chi connectivity index (χ2v) is 6.37. The molecular formula is C16H25ClN2O. The molecule has 1 saturated carbocycles. The number of aliphatic hydroxyl groups excluding tert-OH is 1. The van der Waals surface area contributed by atoms with Gasteiger partial charge in [-0.15, -0.1) is 0 Å². The average molecular weight is 297 g/mol. The van der Waals surface area contributed by atoms with E-state index in [1.54, 1.807) is 0 Å². The summed E-state index contributed by atoms with van der Waals surface area (Å²) in [5, 5.41) is 13.5. The molecule has 0 bridgehead atoms. The number of benzene rings is 1. The number of nitrogens with zero attached hydrogens (tertiary/aromatic N) is 1. The summed E-state index contributed by atoms with van der Waals surface area (Å²) >= 11 is 5.93. The lowest BCUT2D eigenvalue weighted by molar-refractivity contribution is 0.0279. The molecule has 2 rings (SSSR count). The van der Waals surface area contributed by atoms with E-state index in [1.807, 2.05) is 19.2 Å². The summed E-state index contributed by atoms with van der Waals surface area (Å²) in [6.07, 6.45) is 2.96. The van der Waals surface area contributed by atoms with Gasteiger partial charge in [-0.2, -0.15) is 0 Å². The monoisotopic (exact) mass is 296 g/mol. The summed E-state index contributed by atoms with van der Waals surface area (Å²) in [7, 11) is 4.17. The van der Waals surface area contributed by atoms with E-state index >= 15 is 0 Å². The molecule has 0 aliphatic heterocycles. The summed E-state index contributed by atoms with van der Waals surface area (Å²) < 4.78 is 0. The Labute approximate surface area is 126 Å². The number of halogens is 1. The number of hydrogen-bond donors (Lipinski definition) is 2. The fourth-order valence-electron chi connectivity index (χ4n) is 2.90. The van der Waals surface area contributed by atoms with Gasteiger partial charge in [-0.3, -0.25) is 0 Å². The minimum atomic E-state index is -0.0486. The summed E-state index contributed by atoms with van der Waals surface area (Å²) in [4.78, 5) is 2.37. The SMILES string of the molecule is CNC(CCN(C)CC1CC(O)C1)c1ccc(Cl)cc1. The van der Waals surface area contributed by atoms with Crippen LogP contribution in [0.5, 0.6) is 0 Å². The number of nitrogens with one attached hydrogen (secondary N) is 1. The highest BCUT2D eigenvalue weighted by Gasteiger charge is 2.27. The smallest absolute Gasteiger partial charge is 0.0546 e. The third-order valence-electron chi connectivity index (χ3n) is 4.20. The zero-order valence-corrected chi connectivity index (χ0v) is 13.1. The molecule has 0 saturated heterocycles. The standard InChI is InChI=1S/C16H25ClN2O/c1-18-16(13-3-5-14(17)6-4-13)7-8-19(2)11-12-9-15(20)10-12/h3-6,12,15-16,18,20H,7-11H2,1-2H3. The van der Waals surface area contributed by atoms with Crippen LogP contribution in [0.1, 0.15) is 30.9 Å². The van der Waals surface area contributed by atoms with Crippen molar-refractivity contribution in [1.29, 1.82) is 0 Å². The molecule has 1 aromatic rings. The second-order valence-electron chi connectivity index (χ2n) is 5.93. The minimum absolute atomic E-state index is 0.0486. The average Bonchev–Trinajstić information content (AvgIpc) is 2.39. The van der Waals surface area contributed by atoms with Crippen LogP contribution in [0.3, 0.4) is 0 Å². The van der Waals surface area contributed by atoms with Crippen LogP contribution in [0.25, 0.3) is 0 Å². The van der Waals surface area contributed by atoms with Gasteiger partial charge in [0.15, 0.2) is 0 Å². The Morgan fingerprint density at radius 1 is 1.35 bits per heavy atom. The van der Waals surface area contributed by atoms with Crippen LogP contribution in [0.15, 0.2) is 24.3 Å². The maximum Gasteiger partial charge on any atom is 0.0546 e. The largest absolute Gasteiger partial charge is 0.393 e. The van der Waals surface area contributed by atoms with Gasteiger partial charge >= 0.3 is 0 Å². The van der Waals surface area contributed by atoms with Crippen LogP contribution in [-0.2, 0) is 0 Å². The van der Waals surface area contributed by atoms with Crippen molar-refractivity contribution in [2.75, 3.05) is 27.2 Å². The first kappa shape index (κ1) is 15.8. The van der Waals surface area contributed by atoms with Crippen LogP contribution in [0.2, 0.25) is 5.02 Å². The lowest BCUT2D eigenvalue weighted by Crippen LogP contribution is -2.38. The van der Waals surface area contributed by atoms with E-state index in [-0.39, 0.29) is 6.10 Å². The summed E-state index contributed by atoms with van der Waals surface area (Å²) in [5.74, 6) is 0.679. The summed E-state index contributed by atoms with van der Waals surface area (Å²) in [6.45, 7) is 2.15.